The van der Waals surface area contributed by atoms with E-state index in [0.29, 0.717) is 11.1 Å². The third-order valence-electron chi connectivity index (χ3n) is 4.84. The van der Waals surface area contributed by atoms with Gasteiger partial charge < -0.3 is 5.32 Å². The van der Waals surface area contributed by atoms with E-state index in [4.69, 9.17) is 0 Å². The van der Waals surface area contributed by atoms with Gasteiger partial charge in [0.25, 0.3) is 5.56 Å². The van der Waals surface area contributed by atoms with Gasteiger partial charge in [-0.3, -0.25) is 14.2 Å². The fourth-order valence-electron chi connectivity index (χ4n) is 3.29. The number of carbonyl (C=O) groups excluding carboxylic acids is 1. The topological polar surface area (TPSA) is 73.1 Å². The fourth-order valence-corrected chi connectivity index (χ4v) is 3.29. The summed E-state index contributed by atoms with van der Waals surface area (Å²) in [7, 11) is 0. The molecule has 0 aliphatic heterocycles. The third-order valence-corrected chi connectivity index (χ3v) is 4.84. The molecule has 0 bridgehead atoms. The molecule has 0 spiro atoms. The highest BCUT2D eigenvalue weighted by Crippen LogP contribution is 2.11. The summed E-state index contributed by atoms with van der Waals surface area (Å²) in [5, 5.41) is 2.93. The first-order chi connectivity index (χ1) is 14.9. The molecule has 1 aromatic heterocycles. The summed E-state index contributed by atoms with van der Waals surface area (Å²) in [6.45, 7) is -0.175. The summed E-state index contributed by atoms with van der Waals surface area (Å²) in [6, 6.07) is 17.1. The van der Waals surface area contributed by atoms with Crippen LogP contribution in [-0.2, 0) is 17.9 Å². The van der Waals surface area contributed by atoms with Crippen LogP contribution in [0, 0.1) is 11.6 Å². The van der Waals surface area contributed by atoms with Crippen molar-refractivity contribution in [3.05, 3.63) is 111 Å². The Morgan fingerprint density at radius 1 is 0.839 bits per heavy atom. The van der Waals surface area contributed by atoms with E-state index in [9.17, 15) is 23.2 Å². The molecule has 3 aromatic carbocycles. The first kappa shape index (κ1) is 20.2. The van der Waals surface area contributed by atoms with Crippen molar-refractivity contribution >= 4 is 16.8 Å². The monoisotopic (exact) mass is 421 g/mol. The molecular weight excluding hydrogens is 404 g/mol. The highest BCUT2D eigenvalue weighted by Gasteiger charge is 2.16. The molecule has 0 unspecified atom stereocenters. The number of rotatable bonds is 5. The molecule has 156 valence electrons. The van der Waals surface area contributed by atoms with Crippen LogP contribution in [0.3, 0.4) is 0 Å². The minimum Gasteiger partial charge on any atom is -0.350 e. The number of para-hydroxylation sites is 1. The number of fused-ring (bicyclic) bond motifs is 1. The Labute approximate surface area is 175 Å². The van der Waals surface area contributed by atoms with Crippen LogP contribution in [-0.4, -0.2) is 15.0 Å². The van der Waals surface area contributed by atoms with Crippen LogP contribution in [0.2, 0.25) is 0 Å². The van der Waals surface area contributed by atoms with Gasteiger partial charge in [-0.2, -0.15) is 0 Å². The quantitative estimate of drug-likeness (QED) is 0.539. The van der Waals surface area contributed by atoms with E-state index in [-0.39, 0.29) is 30.0 Å². The molecule has 0 radical (unpaired) electrons. The Kier molecular flexibility index (Phi) is 5.44. The van der Waals surface area contributed by atoms with E-state index in [0.717, 1.165) is 16.7 Å². The molecule has 0 atom stereocenters. The lowest BCUT2D eigenvalue weighted by molar-refractivity contribution is -0.121. The average molecular weight is 421 g/mol. The van der Waals surface area contributed by atoms with Crippen LogP contribution in [0.15, 0.2) is 82.4 Å². The summed E-state index contributed by atoms with van der Waals surface area (Å²) < 4.78 is 28.4. The molecule has 31 heavy (non-hydrogen) atoms. The maximum Gasteiger partial charge on any atom is 0.336 e. The number of hydrogen-bond donors (Lipinski definition) is 1. The Morgan fingerprint density at radius 3 is 2.13 bits per heavy atom. The highest BCUT2D eigenvalue weighted by atomic mass is 19.1. The fraction of sp³-hybridized carbons (Fsp3) is 0.0870. The van der Waals surface area contributed by atoms with Crippen molar-refractivity contribution in [3.63, 3.8) is 0 Å². The Bertz CT molecular complexity index is 1370. The molecule has 0 saturated heterocycles. The molecule has 1 heterocycles. The zero-order valence-corrected chi connectivity index (χ0v) is 16.2. The van der Waals surface area contributed by atoms with E-state index in [1.165, 1.54) is 28.8 Å². The summed E-state index contributed by atoms with van der Waals surface area (Å²) in [5.41, 5.74) is -0.0685. The van der Waals surface area contributed by atoms with Gasteiger partial charge in [-0.05, 0) is 54.1 Å². The summed E-state index contributed by atoms with van der Waals surface area (Å²) in [4.78, 5) is 38.6. The van der Waals surface area contributed by atoms with Gasteiger partial charge in [0.2, 0.25) is 5.91 Å². The van der Waals surface area contributed by atoms with Crippen molar-refractivity contribution in [3.8, 4) is 5.69 Å². The molecule has 4 rings (SSSR count). The number of amides is 1. The molecule has 4 aromatic rings. The van der Waals surface area contributed by atoms with Gasteiger partial charge in [0.05, 0.1) is 16.6 Å². The van der Waals surface area contributed by atoms with Crippen molar-refractivity contribution in [2.24, 2.45) is 0 Å². The number of aromatic nitrogens is 2. The number of carbonyl (C=O) groups is 1. The second-order valence-corrected chi connectivity index (χ2v) is 6.91. The van der Waals surface area contributed by atoms with Crippen molar-refractivity contribution in [1.29, 1.82) is 0 Å². The Hall–Kier alpha value is -4.07. The van der Waals surface area contributed by atoms with E-state index in [2.05, 4.69) is 5.32 Å². The average Bonchev–Trinajstić information content (AvgIpc) is 2.77. The normalized spacial score (nSPS) is 10.9. The number of nitrogens with zero attached hydrogens (tertiary/aromatic N) is 2. The Balaban J connectivity index is 1.72. The number of benzene rings is 3. The van der Waals surface area contributed by atoms with Gasteiger partial charge in [0.15, 0.2) is 0 Å². The molecule has 1 amide bonds. The zero-order valence-electron chi connectivity index (χ0n) is 16.2. The van der Waals surface area contributed by atoms with Crippen molar-refractivity contribution in [2.45, 2.75) is 13.1 Å². The Morgan fingerprint density at radius 2 is 1.45 bits per heavy atom. The first-order valence-electron chi connectivity index (χ1n) is 9.46. The third kappa shape index (κ3) is 4.13. The minimum atomic E-state index is -0.716. The van der Waals surface area contributed by atoms with Crippen LogP contribution < -0.4 is 16.6 Å². The van der Waals surface area contributed by atoms with E-state index in [1.807, 2.05) is 0 Å². The van der Waals surface area contributed by atoms with Crippen LogP contribution in [0.5, 0.6) is 0 Å². The molecule has 8 heteroatoms. The summed E-state index contributed by atoms with van der Waals surface area (Å²) in [5.74, 6) is -1.34. The van der Waals surface area contributed by atoms with Gasteiger partial charge in [0, 0.05) is 6.54 Å². The molecule has 0 fully saturated rings. The number of nitrogens with one attached hydrogen (secondary N) is 1. The number of halogens is 2. The summed E-state index contributed by atoms with van der Waals surface area (Å²) in [6.07, 6.45) is 0. The van der Waals surface area contributed by atoms with E-state index < -0.39 is 23.0 Å². The van der Waals surface area contributed by atoms with Gasteiger partial charge in [0.1, 0.15) is 18.2 Å². The first-order valence-corrected chi connectivity index (χ1v) is 9.46. The second kappa shape index (κ2) is 8.35. The van der Waals surface area contributed by atoms with Gasteiger partial charge >= 0.3 is 5.69 Å². The molecule has 1 N–H and O–H groups in total. The van der Waals surface area contributed by atoms with Crippen LogP contribution in [0.1, 0.15) is 5.56 Å². The van der Waals surface area contributed by atoms with E-state index >= 15 is 0 Å². The predicted octanol–water partition coefficient (Wildman–Crippen LogP) is 2.75. The van der Waals surface area contributed by atoms with Gasteiger partial charge in [-0.15, -0.1) is 0 Å². The summed E-state index contributed by atoms with van der Waals surface area (Å²) >= 11 is 0. The maximum absolute atomic E-state index is 13.3. The largest absolute Gasteiger partial charge is 0.350 e. The van der Waals surface area contributed by atoms with Gasteiger partial charge in [-0.25, -0.2) is 18.1 Å². The standard InChI is InChI=1S/C23H17F2N3O3/c24-16-7-5-15(6-8-16)13-26-21(29)14-27-20-4-2-1-3-19(20)22(30)28(23(27)31)18-11-9-17(25)10-12-18/h1-12H,13-14H2,(H,26,29). The number of hydrogen-bond acceptors (Lipinski definition) is 3. The van der Waals surface area contributed by atoms with Crippen molar-refractivity contribution in [1.82, 2.24) is 14.5 Å². The highest BCUT2D eigenvalue weighted by molar-refractivity contribution is 5.81. The molecule has 0 aliphatic carbocycles. The zero-order chi connectivity index (χ0) is 22.0. The lowest BCUT2D eigenvalue weighted by Gasteiger charge is -2.14. The SMILES string of the molecule is O=C(Cn1c(=O)n(-c2ccc(F)cc2)c(=O)c2ccccc21)NCc1ccc(F)cc1. The minimum absolute atomic E-state index is 0.156. The maximum atomic E-state index is 13.3. The van der Waals surface area contributed by atoms with Crippen LogP contribution >= 0.6 is 0 Å². The van der Waals surface area contributed by atoms with Gasteiger partial charge in [-0.1, -0.05) is 24.3 Å². The van der Waals surface area contributed by atoms with Crippen molar-refractivity contribution in [2.75, 3.05) is 0 Å². The van der Waals surface area contributed by atoms with Crippen LogP contribution in [0.25, 0.3) is 16.6 Å². The molecular formula is C23H17F2N3O3. The molecule has 0 saturated carbocycles. The smallest absolute Gasteiger partial charge is 0.336 e. The van der Waals surface area contributed by atoms with E-state index in [1.54, 1.807) is 36.4 Å². The molecule has 0 aliphatic rings. The second-order valence-electron chi connectivity index (χ2n) is 6.91. The molecule has 6 nitrogen and oxygen atoms in total. The lowest BCUT2D eigenvalue weighted by atomic mass is 10.2. The van der Waals surface area contributed by atoms with Crippen molar-refractivity contribution < 1.29 is 13.6 Å². The predicted molar refractivity (Wildman–Crippen MR) is 112 cm³/mol. The lowest BCUT2D eigenvalue weighted by Crippen LogP contribution is -2.41. The van der Waals surface area contributed by atoms with Crippen LogP contribution in [0.4, 0.5) is 8.78 Å².